The lowest BCUT2D eigenvalue weighted by molar-refractivity contribution is 0.233. The number of hydrogen-bond donors (Lipinski definition) is 1. The van der Waals surface area contributed by atoms with E-state index in [0.717, 1.165) is 31.9 Å². The standard InChI is InChI=1S/C17H34N4/c1-7-17(8-2,12-18-10-14(3)4)9-16-19-13-20-21(16)11-15(5)6/h13-15,18H,7-12H2,1-6H3. The van der Waals surface area contributed by atoms with E-state index in [-0.39, 0.29) is 5.41 Å². The molecule has 0 radical (unpaired) electrons. The Kier molecular flexibility index (Phi) is 7.36. The van der Waals surface area contributed by atoms with Crippen LogP contribution in [0.1, 0.15) is 60.2 Å². The number of nitrogens with one attached hydrogen (secondary N) is 1. The van der Waals surface area contributed by atoms with E-state index in [2.05, 4.69) is 61.6 Å². The van der Waals surface area contributed by atoms with Gasteiger partial charge in [0.1, 0.15) is 12.2 Å². The minimum absolute atomic E-state index is 0.288. The second-order valence-corrected chi connectivity index (χ2v) is 7.16. The van der Waals surface area contributed by atoms with Crippen molar-refractivity contribution in [1.82, 2.24) is 20.1 Å². The fourth-order valence-electron chi connectivity index (χ4n) is 2.70. The maximum absolute atomic E-state index is 4.52. The molecule has 0 spiro atoms. The van der Waals surface area contributed by atoms with Gasteiger partial charge in [-0.05, 0) is 36.6 Å². The van der Waals surface area contributed by atoms with Gasteiger partial charge in [-0.2, -0.15) is 5.10 Å². The van der Waals surface area contributed by atoms with Gasteiger partial charge in [-0.15, -0.1) is 0 Å². The van der Waals surface area contributed by atoms with Gasteiger partial charge in [0.15, 0.2) is 0 Å². The molecule has 0 unspecified atom stereocenters. The molecule has 21 heavy (non-hydrogen) atoms. The third-order valence-corrected chi connectivity index (χ3v) is 4.32. The van der Waals surface area contributed by atoms with Crippen LogP contribution >= 0.6 is 0 Å². The Morgan fingerprint density at radius 2 is 1.81 bits per heavy atom. The number of aromatic nitrogens is 3. The third kappa shape index (κ3) is 5.77. The summed E-state index contributed by atoms with van der Waals surface area (Å²) in [4.78, 5) is 4.52. The molecule has 0 saturated heterocycles. The van der Waals surface area contributed by atoms with E-state index < -0.39 is 0 Å². The van der Waals surface area contributed by atoms with Gasteiger partial charge in [-0.1, -0.05) is 41.5 Å². The summed E-state index contributed by atoms with van der Waals surface area (Å²) in [6.07, 6.45) is 5.05. The molecule has 0 saturated carbocycles. The van der Waals surface area contributed by atoms with Gasteiger partial charge in [-0.25, -0.2) is 9.67 Å². The quantitative estimate of drug-likeness (QED) is 0.718. The molecule has 1 aromatic heterocycles. The Bertz CT molecular complexity index is 391. The predicted molar refractivity (Wildman–Crippen MR) is 89.3 cm³/mol. The van der Waals surface area contributed by atoms with Crippen LogP contribution < -0.4 is 5.32 Å². The van der Waals surface area contributed by atoms with Crippen molar-refractivity contribution in [1.29, 1.82) is 0 Å². The molecule has 0 aliphatic rings. The maximum atomic E-state index is 4.52. The molecular formula is C17H34N4. The molecule has 4 heteroatoms. The van der Waals surface area contributed by atoms with Gasteiger partial charge in [0.25, 0.3) is 0 Å². The molecule has 1 rings (SSSR count). The average Bonchev–Trinajstić information content (AvgIpc) is 2.83. The zero-order valence-corrected chi connectivity index (χ0v) is 14.8. The first-order valence-corrected chi connectivity index (χ1v) is 8.49. The molecule has 1 heterocycles. The number of nitrogens with zero attached hydrogens (tertiary/aromatic N) is 3. The summed E-state index contributed by atoms with van der Waals surface area (Å²) in [5, 5.41) is 8.05. The van der Waals surface area contributed by atoms with Crippen LogP contribution in [0.15, 0.2) is 6.33 Å². The lowest BCUT2D eigenvalue weighted by atomic mass is 9.78. The predicted octanol–water partition coefficient (Wildman–Crippen LogP) is 3.53. The summed E-state index contributed by atoms with van der Waals surface area (Å²) in [7, 11) is 0. The van der Waals surface area contributed by atoms with Crippen molar-refractivity contribution < 1.29 is 0 Å². The first kappa shape index (κ1) is 18.1. The van der Waals surface area contributed by atoms with Gasteiger partial charge < -0.3 is 5.32 Å². The highest BCUT2D eigenvalue weighted by atomic mass is 15.3. The second kappa shape index (κ2) is 8.52. The minimum atomic E-state index is 0.288. The molecule has 1 N–H and O–H groups in total. The van der Waals surface area contributed by atoms with Crippen molar-refractivity contribution in [2.75, 3.05) is 13.1 Å². The third-order valence-electron chi connectivity index (χ3n) is 4.32. The Balaban J connectivity index is 2.75. The number of hydrogen-bond acceptors (Lipinski definition) is 3. The normalized spacial score (nSPS) is 12.6. The monoisotopic (exact) mass is 294 g/mol. The Morgan fingerprint density at radius 1 is 1.14 bits per heavy atom. The van der Waals surface area contributed by atoms with Crippen LogP contribution in [0.2, 0.25) is 0 Å². The summed E-state index contributed by atoms with van der Waals surface area (Å²) >= 11 is 0. The zero-order valence-electron chi connectivity index (χ0n) is 14.8. The van der Waals surface area contributed by atoms with Gasteiger partial charge in [-0.3, -0.25) is 0 Å². The van der Waals surface area contributed by atoms with E-state index in [1.165, 1.54) is 12.8 Å². The summed E-state index contributed by atoms with van der Waals surface area (Å²) in [5.41, 5.74) is 0.288. The van der Waals surface area contributed by atoms with E-state index in [0.29, 0.717) is 11.8 Å². The maximum Gasteiger partial charge on any atom is 0.138 e. The van der Waals surface area contributed by atoms with Crippen molar-refractivity contribution in [3.63, 3.8) is 0 Å². The Labute approximate surface area is 130 Å². The van der Waals surface area contributed by atoms with Crippen molar-refractivity contribution in [2.45, 2.75) is 67.3 Å². The molecule has 1 aromatic rings. The largest absolute Gasteiger partial charge is 0.316 e. The molecule has 0 aromatic carbocycles. The van der Waals surface area contributed by atoms with Crippen molar-refractivity contribution in [3.05, 3.63) is 12.2 Å². The van der Waals surface area contributed by atoms with E-state index >= 15 is 0 Å². The lowest BCUT2D eigenvalue weighted by Gasteiger charge is -2.32. The lowest BCUT2D eigenvalue weighted by Crippen LogP contribution is -2.37. The van der Waals surface area contributed by atoms with E-state index in [1.54, 1.807) is 6.33 Å². The van der Waals surface area contributed by atoms with Crippen LogP contribution in [0, 0.1) is 17.3 Å². The van der Waals surface area contributed by atoms with Crippen LogP contribution in [-0.4, -0.2) is 27.9 Å². The molecule has 0 fully saturated rings. The first-order chi connectivity index (χ1) is 9.92. The summed E-state index contributed by atoms with van der Waals surface area (Å²) in [6, 6.07) is 0. The van der Waals surface area contributed by atoms with Crippen LogP contribution in [0.25, 0.3) is 0 Å². The molecule has 4 nitrogen and oxygen atoms in total. The van der Waals surface area contributed by atoms with E-state index in [1.807, 2.05) is 0 Å². The number of rotatable bonds is 10. The fourth-order valence-corrected chi connectivity index (χ4v) is 2.70. The molecule has 0 atom stereocenters. The highest BCUT2D eigenvalue weighted by Gasteiger charge is 2.28. The molecule has 0 bridgehead atoms. The summed E-state index contributed by atoms with van der Waals surface area (Å²) in [6.45, 7) is 16.7. The molecule has 0 aliphatic carbocycles. The zero-order chi connectivity index (χ0) is 15.9. The summed E-state index contributed by atoms with van der Waals surface area (Å²) < 4.78 is 2.09. The smallest absolute Gasteiger partial charge is 0.138 e. The highest BCUT2D eigenvalue weighted by Crippen LogP contribution is 2.29. The second-order valence-electron chi connectivity index (χ2n) is 7.16. The molecular weight excluding hydrogens is 260 g/mol. The molecule has 122 valence electrons. The minimum Gasteiger partial charge on any atom is -0.316 e. The van der Waals surface area contributed by atoms with Gasteiger partial charge in [0, 0.05) is 19.5 Å². The average molecular weight is 294 g/mol. The highest BCUT2D eigenvalue weighted by molar-refractivity contribution is 4.94. The van der Waals surface area contributed by atoms with Crippen molar-refractivity contribution >= 4 is 0 Å². The van der Waals surface area contributed by atoms with Crippen LogP contribution in [0.3, 0.4) is 0 Å². The van der Waals surface area contributed by atoms with Gasteiger partial charge in [0.05, 0.1) is 0 Å². The van der Waals surface area contributed by atoms with Gasteiger partial charge >= 0.3 is 0 Å². The summed E-state index contributed by atoms with van der Waals surface area (Å²) in [5.74, 6) is 2.43. The van der Waals surface area contributed by atoms with E-state index in [4.69, 9.17) is 0 Å². The Morgan fingerprint density at radius 3 is 2.33 bits per heavy atom. The molecule has 0 amide bonds. The molecule has 0 aliphatic heterocycles. The van der Waals surface area contributed by atoms with Crippen molar-refractivity contribution in [2.24, 2.45) is 17.3 Å². The fraction of sp³-hybridized carbons (Fsp3) is 0.882. The SMILES string of the molecule is CCC(CC)(CNCC(C)C)Cc1ncnn1CC(C)C. The first-order valence-electron chi connectivity index (χ1n) is 8.49. The van der Waals surface area contributed by atoms with Crippen LogP contribution in [0.5, 0.6) is 0 Å². The van der Waals surface area contributed by atoms with Crippen molar-refractivity contribution in [3.8, 4) is 0 Å². The topological polar surface area (TPSA) is 42.7 Å². The van der Waals surface area contributed by atoms with Crippen LogP contribution in [-0.2, 0) is 13.0 Å². The van der Waals surface area contributed by atoms with E-state index in [9.17, 15) is 0 Å². The van der Waals surface area contributed by atoms with Crippen LogP contribution in [0.4, 0.5) is 0 Å². The van der Waals surface area contributed by atoms with Gasteiger partial charge in [0.2, 0.25) is 0 Å². The Hall–Kier alpha value is -0.900.